The van der Waals surface area contributed by atoms with Gasteiger partial charge in [0.2, 0.25) is 0 Å². The second-order valence-electron chi connectivity index (χ2n) is 9.66. The lowest BCUT2D eigenvalue weighted by atomic mass is 10.00. The number of anilines is 2. The van der Waals surface area contributed by atoms with E-state index in [9.17, 15) is 17.6 Å². The quantitative estimate of drug-likeness (QED) is 0.543. The largest absolute Gasteiger partial charge is 0.418 e. The third kappa shape index (κ3) is 3.88. The Kier molecular flexibility index (Phi) is 5.33. The zero-order valence-electron chi connectivity index (χ0n) is 19.2. The smallest absolute Gasteiger partial charge is 0.378 e. The van der Waals surface area contributed by atoms with Gasteiger partial charge in [-0.1, -0.05) is 6.07 Å². The van der Waals surface area contributed by atoms with Crippen LogP contribution in [0.25, 0.3) is 11.0 Å². The van der Waals surface area contributed by atoms with Gasteiger partial charge in [0.15, 0.2) is 0 Å². The first-order valence-electron chi connectivity index (χ1n) is 11.9. The number of rotatable bonds is 3. The van der Waals surface area contributed by atoms with Gasteiger partial charge in [-0.2, -0.15) is 13.2 Å². The van der Waals surface area contributed by atoms with E-state index in [0.29, 0.717) is 31.9 Å². The molecular formula is C25H26F4N6. The Balaban J connectivity index is 1.30. The van der Waals surface area contributed by atoms with E-state index in [2.05, 4.69) is 49.5 Å². The number of alkyl halides is 4. The molecule has 2 unspecified atom stereocenters. The third-order valence-corrected chi connectivity index (χ3v) is 7.44. The van der Waals surface area contributed by atoms with E-state index in [0.717, 1.165) is 18.3 Å². The van der Waals surface area contributed by atoms with Crippen LogP contribution in [-0.4, -0.2) is 59.3 Å². The van der Waals surface area contributed by atoms with Crippen molar-refractivity contribution in [1.82, 2.24) is 20.2 Å². The van der Waals surface area contributed by atoms with E-state index in [1.165, 1.54) is 29.6 Å². The number of nitrogens with one attached hydrogen (secondary N) is 2. The van der Waals surface area contributed by atoms with Crippen molar-refractivity contribution in [3.63, 3.8) is 0 Å². The van der Waals surface area contributed by atoms with Crippen molar-refractivity contribution in [3.05, 3.63) is 59.4 Å². The molecule has 4 atom stereocenters. The molecule has 0 bridgehead atoms. The maximum atomic E-state index is 14.0. The predicted molar refractivity (Wildman–Crippen MR) is 126 cm³/mol. The van der Waals surface area contributed by atoms with Gasteiger partial charge in [0.05, 0.1) is 23.3 Å². The minimum atomic E-state index is -4.49. The molecule has 6 nitrogen and oxygen atoms in total. The average molecular weight is 487 g/mol. The van der Waals surface area contributed by atoms with Crippen molar-refractivity contribution in [1.29, 1.82) is 0 Å². The van der Waals surface area contributed by atoms with E-state index in [4.69, 9.17) is 0 Å². The van der Waals surface area contributed by atoms with Crippen LogP contribution in [0.1, 0.15) is 29.7 Å². The molecule has 0 spiro atoms. The summed E-state index contributed by atoms with van der Waals surface area (Å²) >= 11 is 0. The number of piperazine rings is 1. The number of fused-ring (bicyclic) bond motifs is 4. The molecule has 0 aliphatic carbocycles. The van der Waals surface area contributed by atoms with Crippen molar-refractivity contribution >= 4 is 22.4 Å². The summed E-state index contributed by atoms with van der Waals surface area (Å²) in [7, 11) is 0. The summed E-state index contributed by atoms with van der Waals surface area (Å²) in [5, 5.41) is 6.37. The van der Waals surface area contributed by atoms with Crippen molar-refractivity contribution < 1.29 is 17.6 Å². The lowest BCUT2D eigenvalue weighted by molar-refractivity contribution is -0.136. The number of benzene rings is 2. The summed E-state index contributed by atoms with van der Waals surface area (Å²) in [6.07, 6.45) is -2.67. The predicted octanol–water partition coefficient (Wildman–Crippen LogP) is 4.14. The Morgan fingerprint density at radius 1 is 1.03 bits per heavy atom. The van der Waals surface area contributed by atoms with Gasteiger partial charge >= 0.3 is 6.18 Å². The third-order valence-electron chi connectivity index (χ3n) is 7.44. The number of hydrogen-bond donors (Lipinski definition) is 2. The minimum absolute atomic E-state index is 0.110. The molecule has 1 aromatic heterocycles. The van der Waals surface area contributed by atoms with Crippen LogP contribution in [0.15, 0.2) is 42.7 Å². The number of hydrogen-bond acceptors (Lipinski definition) is 6. The fraction of sp³-hybridized carbons (Fsp3) is 0.440. The summed E-state index contributed by atoms with van der Waals surface area (Å²) in [6.45, 7) is 5.21. The molecule has 3 aliphatic heterocycles. The fourth-order valence-electron chi connectivity index (χ4n) is 5.74. The summed E-state index contributed by atoms with van der Waals surface area (Å²) < 4.78 is 54.7. The topological polar surface area (TPSA) is 56.3 Å². The molecular weight excluding hydrogens is 460 g/mol. The number of nitrogens with zero attached hydrogens (tertiary/aromatic N) is 4. The van der Waals surface area contributed by atoms with E-state index in [-0.39, 0.29) is 29.2 Å². The normalized spacial score (nSPS) is 26.7. The Morgan fingerprint density at radius 3 is 2.57 bits per heavy atom. The second-order valence-corrected chi connectivity index (χ2v) is 9.66. The number of aromatic nitrogens is 2. The highest BCUT2D eigenvalue weighted by molar-refractivity contribution is 5.91. The zero-order valence-corrected chi connectivity index (χ0v) is 19.2. The van der Waals surface area contributed by atoms with Crippen LogP contribution in [0.5, 0.6) is 0 Å². The van der Waals surface area contributed by atoms with Crippen LogP contribution in [0.4, 0.5) is 28.9 Å². The Morgan fingerprint density at radius 2 is 1.83 bits per heavy atom. The van der Waals surface area contributed by atoms with Gasteiger partial charge in [-0.3, -0.25) is 14.9 Å². The van der Waals surface area contributed by atoms with Gasteiger partial charge in [0, 0.05) is 56.8 Å². The Bertz CT molecular complexity index is 1260. The van der Waals surface area contributed by atoms with Crippen molar-refractivity contribution in [3.8, 4) is 0 Å². The maximum absolute atomic E-state index is 14.0. The van der Waals surface area contributed by atoms with Crippen LogP contribution in [-0.2, 0) is 12.7 Å². The van der Waals surface area contributed by atoms with Gasteiger partial charge in [-0.15, -0.1) is 0 Å². The molecule has 184 valence electrons. The molecule has 2 aromatic carbocycles. The molecule has 0 amide bonds. The molecule has 6 rings (SSSR count). The summed E-state index contributed by atoms with van der Waals surface area (Å²) in [4.78, 5) is 12.9. The van der Waals surface area contributed by atoms with Gasteiger partial charge in [0.25, 0.3) is 0 Å². The van der Waals surface area contributed by atoms with Crippen molar-refractivity contribution in [2.45, 2.75) is 43.9 Å². The van der Waals surface area contributed by atoms with Crippen LogP contribution in [0.2, 0.25) is 0 Å². The summed E-state index contributed by atoms with van der Waals surface area (Å²) in [5.41, 5.74) is 3.36. The van der Waals surface area contributed by atoms with E-state index >= 15 is 0 Å². The van der Waals surface area contributed by atoms with Crippen LogP contribution < -0.4 is 15.5 Å². The summed E-state index contributed by atoms with van der Waals surface area (Å²) in [6, 6.07) is 8.89. The van der Waals surface area contributed by atoms with Crippen LogP contribution >= 0.6 is 0 Å². The molecule has 3 aromatic rings. The Hall–Kier alpha value is -2.98. The lowest BCUT2D eigenvalue weighted by Gasteiger charge is -2.43. The highest BCUT2D eigenvalue weighted by Crippen LogP contribution is 2.43. The molecule has 10 heteroatoms. The molecule has 0 radical (unpaired) electrons. The molecule has 2 N–H and O–H groups in total. The Labute approximate surface area is 200 Å². The molecule has 35 heavy (non-hydrogen) atoms. The van der Waals surface area contributed by atoms with Gasteiger partial charge in [0.1, 0.15) is 17.2 Å². The van der Waals surface area contributed by atoms with Crippen molar-refractivity contribution in [2.24, 2.45) is 0 Å². The zero-order chi connectivity index (χ0) is 24.3. The minimum Gasteiger partial charge on any atom is -0.378 e. The lowest BCUT2D eigenvalue weighted by Crippen LogP contribution is -2.51. The average Bonchev–Trinajstić information content (AvgIpc) is 3.40. The summed E-state index contributed by atoms with van der Waals surface area (Å²) in [5.74, 6) is 0. The molecule has 0 saturated carbocycles. The maximum Gasteiger partial charge on any atom is 0.418 e. The molecule has 4 heterocycles. The highest BCUT2D eigenvalue weighted by Gasteiger charge is 2.40. The standard InChI is InChI=1S/C25H26F4N6/c1-14-11-34(21-5-4-18(25(27,28)29)23-24(21)32-7-6-31-23)13-22-17-3-2-16(8-15(17)12-35(14)22)33-20-10-30-9-19(20)26/h2-8,14,19-20,22,30,33H,9-13H2,1H3/t14?,19-,20+,22?/m1/s1. The van der Waals surface area contributed by atoms with Crippen LogP contribution in [0.3, 0.4) is 0 Å². The van der Waals surface area contributed by atoms with Crippen molar-refractivity contribution in [2.75, 3.05) is 36.4 Å². The van der Waals surface area contributed by atoms with Crippen LogP contribution in [0, 0.1) is 0 Å². The van der Waals surface area contributed by atoms with Gasteiger partial charge in [-0.05, 0) is 42.3 Å². The van der Waals surface area contributed by atoms with E-state index < -0.39 is 17.9 Å². The van der Waals surface area contributed by atoms with Gasteiger partial charge in [-0.25, -0.2) is 4.39 Å². The first-order valence-corrected chi connectivity index (χ1v) is 11.9. The first kappa shape index (κ1) is 22.5. The SMILES string of the molecule is CC1CN(c2ccc(C(F)(F)F)c3nccnc23)CC2c3ccc(N[C@H]4CNC[C@H]4F)cc3CN12. The molecule has 3 aliphatic rings. The fourth-order valence-corrected chi connectivity index (χ4v) is 5.74. The second kappa shape index (κ2) is 8.30. The molecule has 2 fully saturated rings. The monoisotopic (exact) mass is 486 g/mol. The number of halogens is 4. The molecule has 2 saturated heterocycles. The van der Waals surface area contributed by atoms with Gasteiger partial charge < -0.3 is 15.5 Å². The van der Waals surface area contributed by atoms with E-state index in [1.807, 2.05) is 6.07 Å². The van der Waals surface area contributed by atoms with E-state index in [1.54, 1.807) is 0 Å². The highest BCUT2D eigenvalue weighted by atomic mass is 19.4. The first-order chi connectivity index (χ1) is 16.8.